The molecule has 3 nitrogen and oxygen atoms in total. The Morgan fingerprint density at radius 2 is 2.00 bits per heavy atom. The van der Waals surface area contributed by atoms with Crippen LogP contribution in [0.3, 0.4) is 0 Å². The summed E-state index contributed by atoms with van der Waals surface area (Å²) in [6.45, 7) is 11.0. The average molecular weight is 358 g/mol. The highest BCUT2D eigenvalue weighted by Crippen LogP contribution is 2.37. The Morgan fingerprint density at radius 3 is 2.75 bits per heavy atom. The molecule has 0 unspecified atom stereocenters. The van der Waals surface area contributed by atoms with E-state index in [-0.39, 0.29) is 5.41 Å². The number of nitrogens with zero attached hydrogens (tertiary/aromatic N) is 2. The van der Waals surface area contributed by atoms with Crippen molar-refractivity contribution in [2.24, 2.45) is 0 Å². The van der Waals surface area contributed by atoms with E-state index >= 15 is 0 Å². The lowest BCUT2D eigenvalue weighted by Crippen LogP contribution is -2.22. The number of hydrogen-bond donors (Lipinski definition) is 1. The quantitative estimate of drug-likeness (QED) is 0.728. The molecule has 0 spiro atoms. The van der Waals surface area contributed by atoms with E-state index in [0.29, 0.717) is 5.92 Å². The minimum atomic E-state index is -0.155. The van der Waals surface area contributed by atoms with Crippen molar-refractivity contribution in [1.82, 2.24) is 15.3 Å². The maximum atomic E-state index is 5.00. The van der Waals surface area contributed by atoms with Crippen LogP contribution >= 0.6 is 22.7 Å². The molecule has 0 fully saturated rings. The zero-order valence-corrected chi connectivity index (χ0v) is 16.3. The second kappa shape index (κ2) is 5.90. The lowest BCUT2D eigenvalue weighted by atomic mass is 9.89. The third kappa shape index (κ3) is 2.68. The second-order valence-electron chi connectivity index (χ2n) is 7.34. The smallest absolute Gasteiger partial charge is 0.123 e. The van der Waals surface area contributed by atoms with Crippen molar-refractivity contribution in [1.29, 1.82) is 0 Å². The zero-order chi connectivity index (χ0) is 16.9. The molecule has 0 saturated carbocycles. The van der Waals surface area contributed by atoms with Gasteiger partial charge < -0.3 is 5.32 Å². The Bertz CT molecular complexity index is 866. The van der Waals surface area contributed by atoms with Crippen LogP contribution in [0.5, 0.6) is 0 Å². The predicted molar refractivity (Wildman–Crippen MR) is 103 cm³/mol. The van der Waals surface area contributed by atoms with Gasteiger partial charge in [0.05, 0.1) is 16.8 Å². The number of aromatic nitrogens is 2. The fourth-order valence-corrected chi connectivity index (χ4v) is 5.29. The summed E-state index contributed by atoms with van der Waals surface area (Å²) in [6, 6.07) is 6.68. The Kier molecular flexibility index (Phi) is 3.98. The van der Waals surface area contributed by atoms with Crippen LogP contribution in [0.2, 0.25) is 0 Å². The summed E-state index contributed by atoms with van der Waals surface area (Å²) in [4.78, 5) is 13.9. The summed E-state index contributed by atoms with van der Waals surface area (Å²) in [6.07, 6.45) is 1.04. The maximum absolute atomic E-state index is 5.00. The highest BCUT2D eigenvalue weighted by Gasteiger charge is 2.30. The first-order valence-corrected chi connectivity index (χ1v) is 10.2. The number of hydrogen-bond acceptors (Lipinski definition) is 5. The van der Waals surface area contributed by atoms with Crippen molar-refractivity contribution in [2.75, 3.05) is 6.54 Å². The third-order valence-corrected chi connectivity index (χ3v) is 7.52. The van der Waals surface area contributed by atoms with Crippen LogP contribution in [0.25, 0.3) is 10.2 Å². The van der Waals surface area contributed by atoms with Gasteiger partial charge in [-0.2, -0.15) is 0 Å². The Hall–Kier alpha value is -1.30. The fourth-order valence-electron chi connectivity index (χ4n) is 3.07. The first-order valence-electron chi connectivity index (χ1n) is 8.56. The molecule has 0 aliphatic carbocycles. The molecule has 0 radical (unpaired) electrons. The molecule has 126 valence electrons. The molecule has 0 saturated heterocycles. The summed E-state index contributed by atoms with van der Waals surface area (Å²) in [5, 5.41) is 5.88. The van der Waals surface area contributed by atoms with Crippen LogP contribution in [-0.2, 0) is 18.4 Å². The molecule has 4 heterocycles. The lowest BCUT2D eigenvalue weighted by molar-refractivity contribution is 0.604. The van der Waals surface area contributed by atoms with Gasteiger partial charge in [0.2, 0.25) is 0 Å². The Labute approximate surface area is 151 Å². The minimum absolute atomic E-state index is 0.155. The maximum Gasteiger partial charge on any atom is 0.123 e. The highest BCUT2D eigenvalue weighted by atomic mass is 32.1. The van der Waals surface area contributed by atoms with E-state index in [1.807, 2.05) is 22.7 Å². The molecule has 0 bridgehead atoms. The van der Waals surface area contributed by atoms with Gasteiger partial charge in [-0.25, -0.2) is 9.97 Å². The molecule has 0 aromatic carbocycles. The minimum Gasteiger partial charge on any atom is -0.311 e. The first-order chi connectivity index (χ1) is 11.4. The van der Waals surface area contributed by atoms with E-state index in [0.717, 1.165) is 30.0 Å². The fraction of sp³-hybridized carbons (Fsp3) is 0.474. The van der Waals surface area contributed by atoms with E-state index < -0.39 is 0 Å². The van der Waals surface area contributed by atoms with Gasteiger partial charge in [0, 0.05) is 34.7 Å². The van der Waals surface area contributed by atoms with Gasteiger partial charge >= 0.3 is 0 Å². The normalized spacial score (nSPS) is 15.2. The number of rotatable bonds is 3. The first kappa shape index (κ1) is 16.2. The molecule has 1 aliphatic rings. The molecule has 1 aliphatic heterocycles. The van der Waals surface area contributed by atoms with Gasteiger partial charge in [-0.3, -0.25) is 0 Å². The van der Waals surface area contributed by atoms with Crippen molar-refractivity contribution >= 4 is 32.9 Å². The van der Waals surface area contributed by atoms with Gasteiger partial charge in [-0.1, -0.05) is 19.9 Å². The molecule has 3 aromatic rings. The van der Waals surface area contributed by atoms with Crippen LogP contribution in [0, 0.1) is 0 Å². The summed E-state index contributed by atoms with van der Waals surface area (Å²) < 4.78 is 0. The van der Waals surface area contributed by atoms with E-state index in [1.54, 1.807) is 0 Å². The van der Waals surface area contributed by atoms with Gasteiger partial charge in [-0.05, 0) is 31.9 Å². The number of thiazole rings is 1. The predicted octanol–water partition coefficient (Wildman–Crippen LogP) is 4.85. The van der Waals surface area contributed by atoms with E-state index in [9.17, 15) is 0 Å². The summed E-state index contributed by atoms with van der Waals surface area (Å²) in [7, 11) is 0. The average Bonchev–Trinajstić information content (AvgIpc) is 3.18. The third-order valence-electron chi connectivity index (χ3n) is 4.75. The van der Waals surface area contributed by atoms with Crippen molar-refractivity contribution in [3.05, 3.63) is 44.3 Å². The van der Waals surface area contributed by atoms with Gasteiger partial charge in [-0.15, -0.1) is 22.7 Å². The largest absolute Gasteiger partial charge is 0.311 e. The summed E-state index contributed by atoms with van der Waals surface area (Å²) in [5.74, 6) is 0.554. The van der Waals surface area contributed by atoms with Gasteiger partial charge in [0.25, 0.3) is 0 Å². The second-order valence-corrected chi connectivity index (χ2v) is 9.48. The molecule has 4 rings (SSSR count). The van der Waals surface area contributed by atoms with Crippen LogP contribution in [0.4, 0.5) is 0 Å². The van der Waals surface area contributed by atoms with E-state index in [4.69, 9.17) is 9.97 Å². The highest BCUT2D eigenvalue weighted by molar-refractivity contribution is 7.18. The van der Waals surface area contributed by atoms with Crippen molar-refractivity contribution < 1.29 is 0 Å². The van der Waals surface area contributed by atoms with Crippen molar-refractivity contribution in [2.45, 2.75) is 52.0 Å². The van der Waals surface area contributed by atoms with Gasteiger partial charge in [0.15, 0.2) is 0 Å². The van der Waals surface area contributed by atoms with Crippen LogP contribution in [0.15, 0.2) is 18.2 Å². The SMILES string of the molecule is CC(C)c1cc2ccc(C(C)(C)c3nc4c(s3)CNCC4)nc2s1. The molecular formula is C19H23N3S2. The Morgan fingerprint density at radius 1 is 1.17 bits per heavy atom. The molecule has 5 heteroatoms. The zero-order valence-electron chi connectivity index (χ0n) is 14.6. The summed E-state index contributed by atoms with van der Waals surface area (Å²) >= 11 is 3.66. The van der Waals surface area contributed by atoms with E-state index in [1.165, 1.54) is 25.8 Å². The lowest BCUT2D eigenvalue weighted by Gasteiger charge is -2.21. The summed E-state index contributed by atoms with van der Waals surface area (Å²) in [5.41, 5.74) is 2.24. The van der Waals surface area contributed by atoms with E-state index in [2.05, 4.69) is 51.2 Å². The molecular weight excluding hydrogens is 334 g/mol. The Balaban J connectivity index is 1.75. The monoisotopic (exact) mass is 357 g/mol. The van der Waals surface area contributed by atoms with Crippen molar-refractivity contribution in [3.63, 3.8) is 0 Å². The topological polar surface area (TPSA) is 37.8 Å². The van der Waals surface area contributed by atoms with Crippen LogP contribution in [0.1, 0.15) is 59.8 Å². The molecule has 0 amide bonds. The van der Waals surface area contributed by atoms with Crippen LogP contribution < -0.4 is 5.32 Å². The molecule has 0 atom stereocenters. The standard InChI is InChI=1S/C19H23N3S2/c1-11(2)14-9-12-5-6-16(22-17(12)23-14)19(3,4)18-21-13-7-8-20-10-15(13)24-18/h5-6,9,11,20H,7-8,10H2,1-4H3. The van der Waals surface area contributed by atoms with Gasteiger partial charge in [0.1, 0.15) is 9.84 Å². The number of pyridine rings is 1. The number of nitrogens with one attached hydrogen (secondary N) is 1. The van der Waals surface area contributed by atoms with Crippen LogP contribution in [-0.4, -0.2) is 16.5 Å². The molecule has 1 N–H and O–H groups in total. The molecule has 3 aromatic heterocycles. The van der Waals surface area contributed by atoms with Crippen molar-refractivity contribution in [3.8, 4) is 0 Å². The number of fused-ring (bicyclic) bond motifs is 2. The number of thiophene rings is 1. The molecule has 24 heavy (non-hydrogen) atoms.